The number of amides is 1. The van der Waals surface area contributed by atoms with Gasteiger partial charge in [0.1, 0.15) is 17.9 Å². The lowest BCUT2D eigenvalue weighted by molar-refractivity contribution is 0.0714. The Morgan fingerprint density at radius 2 is 1.56 bits per heavy atom. The van der Waals surface area contributed by atoms with Gasteiger partial charge in [0.15, 0.2) is 16.9 Å². The molecule has 1 unspecified atom stereocenters. The van der Waals surface area contributed by atoms with Crippen LogP contribution in [0.5, 0.6) is 17.2 Å². The Labute approximate surface area is 250 Å². The van der Waals surface area contributed by atoms with Crippen LogP contribution < -0.4 is 19.6 Å². The number of methoxy groups -OCH3 is 1. The second-order valence-corrected chi connectivity index (χ2v) is 10.7. The van der Waals surface area contributed by atoms with Gasteiger partial charge in [-0.25, -0.2) is 0 Å². The van der Waals surface area contributed by atoms with Gasteiger partial charge in [-0.2, -0.15) is 0 Å². The zero-order chi connectivity index (χ0) is 30.1. The van der Waals surface area contributed by atoms with Crippen molar-refractivity contribution in [3.05, 3.63) is 134 Å². The van der Waals surface area contributed by atoms with Crippen LogP contribution in [0.4, 0.5) is 0 Å². The van der Waals surface area contributed by atoms with Crippen LogP contribution in [0.25, 0.3) is 11.0 Å². The van der Waals surface area contributed by atoms with E-state index in [1.54, 1.807) is 12.0 Å². The Kier molecular flexibility index (Phi) is 7.63. The van der Waals surface area contributed by atoms with E-state index in [0.29, 0.717) is 41.2 Å². The first-order chi connectivity index (χ1) is 20.9. The summed E-state index contributed by atoms with van der Waals surface area (Å²) in [6.07, 6.45) is 0. The quantitative estimate of drug-likeness (QED) is 0.186. The molecule has 1 aliphatic rings. The van der Waals surface area contributed by atoms with Crippen LogP contribution in [0.1, 0.15) is 56.9 Å². The maximum absolute atomic E-state index is 14.1. The Hall–Kier alpha value is -5.04. The van der Waals surface area contributed by atoms with Crippen molar-refractivity contribution in [2.75, 3.05) is 13.7 Å². The van der Waals surface area contributed by atoms with Crippen molar-refractivity contribution in [2.24, 2.45) is 0 Å². The van der Waals surface area contributed by atoms with Crippen molar-refractivity contribution in [1.82, 2.24) is 4.90 Å². The van der Waals surface area contributed by atoms with Gasteiger partial charge in [-0.05, 0) is 85.0 Å². The summed E-state index contributed by atoms with van der Waals surface area (Å²) >= 11 is 0. The number of nitrogens with zero attached hydrogens (tertiary/aromatic N) is 1. The Balaban J connectivity index is 1.46. The maximum atomic E-state index is 14.1. The summed E-state index contributed by atoms with van der Waals surface area (Å²) in [5, 5.41) is 0.457. The number of fused-ring (bicyclic) bond motifs is 2. The Morgan fingerprint density at radius 3 is 2.28 bits per heavy atom. The van der Waals surface area contributed by atoms with Gasteiger partial charge >= 0.3 is 0 Å². The van der Waals surface area contributed by atoms with Crippen LogP contribution in [-0.2, 0) is 13.2 Å². The molecule has 1 aliphatic heterocycles. The number of carbonyl (C=O) groups is 1. The van der Waals surface area contributed by atoms with Crippen molar-refractivity contribution >= 4 is 16.9 Å². The number of hydrogen-bond donors (Lipinski definition) is 0. The fourth-order valence-electron chi connectivity index (χ4n) is 5.53. The molecular formula is C36H33NO6. The molecule has 0 bridgehead atoms. The van der Waals surface area contributed by atoms with E-state index in [-0.39, 0.29) is 23.6 Å². The molecular weight excluding hydrogens is 542 g/mol. The molecule has 5 aromatic rings. The fraction of sp³-hybridized carbons (Fsp3) is 0.222. The van der Waals surface area contributed by atoms with E-state index < -0.39 is 6.04 Å². The Bertz CT molecular complexity index is 1860. The smallest absolute Gasteiger partial charge is 0.291 e. The molecule has 0 saturated carbocycles. The molecule has 0 spiro atoms. The van der Waals surface area contributed by atoms with E-state index in [0.717, 1.165) is 33.6 Å². The third-order valence-corrected chi connectivity index (χ3v) is 7.91. The maximum Gasteiger partial charge on any atom is 0.291 e. The summed E-state index contributed by atoms with van der Waals surface area (Å²) in [7, 11) is 1.61. The average Bonchev–Trinajstić information content (AvgIpc) is 3.29. The van der Waals surface area contributed by atoms with Crippen molar-refractivity contribution in [3.63, 3.8) is 0 Å². The second-order valence-electron chi connectivity index (χ2n) is 10.7. The number of carbonyl (C=O) groups excluding carboxylic acids is 1. The molecule has 0 N–H and O–H groups in total. The molecule has 0 radical (unpaired) electrons. The van der Waals surface area contributed by atoms with Crippen molar-refractivity contribution in [2.45, 2.75) is 40.0 Å². The summed E-state index contributed by atoms with van der Waals surface area (Å²) in [5.41, 5.74) is 5.14. The summed E-state index contributed by atoms with van der Waals surface area (Å²) < 4.78 is 23.7. The summed E-state index contributed by atoms with van der Waals surface area (Å²) in [4.78, 5) is 29.8. The molecule has 218 valence electrons. The van der Waals surface area contributed by atoms with Crippen LogP contribution in [-0.4, -0.2) is 24.5 Å². The first-order valence-corrected chi connectivity index (χ1v) is 14.3. The summed E-state index contributed by atoms with van der Waals surface area (Å²) in [5.74, 6) is 1.57. The molecule has 4 aromatic carbocycles. The van der Waals surface area contributed by atoms with Crippen LogP contribution in [0.2, 0.25) is 0 Å². The van der Waals surface area contributed by atoms with Gasteiger partial charge in [-0.1, -0.05) is 48.5 Å². The zero-order valence-corrected chi connectivity index (χ0v) is 24.7. The van der Waals surface area contributed by atoms with E-state index >= 15 is 0 Å². The molecule has 1 atom stereocenters. The molecule has 2 heterocycles. The molecule has 6 rings (SSSR count). The van der Waals surface area contributed by atoms with E-state index in [1.807, 2.05) is 106 Å². The lowest BCUT2D eigenvalue weighted by atomic mass is 9.97. The average molecular weight is 576 g/mol. The van der Waals surface area contributed by atoms with Crippen LogP contribution >= 0.6 is 0 Å². The SMILES string of the molecule is CCOc1cc(C2c3c(oc4cc(C)c(C)cc4c3=O)C(=O)N2Cc2ccc(OC)cc2)ccc1OCc1ccccc1. The van der Waals surface area contributed by atoms with E-state index in [9.17, 15) is 9.59 Å². The number of aryl methyl sites for hydroxylation is 2. The highest BCUT2D eigenvalue weighted by Crippen LogP contribution is 2.42. The van der Waals surface area contributed by atoms with E-state index in [4.69, 9.17) is 18.6 Å². The largest absolute Gasteiger partial charge is 0.497 e. The number of hydrogen-bond acceptors (Lipinski definition) is 6. The van der Waals surface area contributed by atoms with Crippen molar-refractivity contribution in [1.29, 1.82) is 0 Å². The molecule has 0 saturated heterocycles. The molecule has 0 fully saturated rings. The molecule has 7 heteroatoms. The van der Waals surface area contributed by atoms with Gasteiger partial charge in [0.25, 0.3) is 5.91 Å². The molecule has 1 amide bonds. The summed E-state index contributed by atoms with van der Waals surface area (Å²) in [6.45, 7) is 6.89. The predicted molar refractivity (Wildman–Crippen MR) is 165 cm³/mol. The topological polar surface area (TPSA) is 78.2 Å². The van der Waals surface area contributed by atoms with Crippen LogP contribution in [0, 0.1) is 13.8 Å². The highest BCUT2D eigenvalue weighted by molar-refractivity contribution is 5.99. The van der Waals surface area contributed by atoms with Crippen LogP contribution in [0.15, 0.2) is 94.1 Å². The van der Waals surface area contributed by atoms with Crippen molar-refractivity contribution in [3.8, 4) is 17.2 Å². The van der Waals surface area contributed by atoms with Gasteiger partial charge in [-0.15, -0.1) is 0 Å². The minimum Gasteiger partial charge on any atom is -0.497 e. The number of benzene rings is 4. The lowest BCUT2D eigenvalue weighted by Crippen LogP contribution is -2.29. The number of rotatable bonds is 9. The second kappa shape index (κ2) is 11.7. The predicted octanol–water partition coefficient (Wildman–Crippen LogP) is 7.14. The highest BCUT2D eigenvalue weighted by atomic mass is 16.5. The van der Waals surface area contributed by atoms with Gasteiger partial charge in [0, 0.05) is 6.54 Å². The molecule has 43 heavy (non-hydrogen) atoms. The molecule has 1 aromatic heterocycles. The minimum absolute atomic E-state index is 0.0710. The normalized spacial score (nSPS) is 14.2. The first kappa shape index (κ1) is 28.1. The third-order valence-electron chi connectivity index (χ3n) is 7.91. The van der Waals surface area contributed by atoms with Crippen LogP contribution in [0.3, 0.4) is 0 Å². The zero-order valence-electron chi connectivity index (χ0n) is 24.7. The van der Waals surface area contributed by atoms with E-state index in [1.165, 1.54) is 0 Å². The molecule has 0 aliphatic carbocycles. The fourth-order valence-corrected chi connectivity index (χ4v) is 5.53. The monoisotopic (exact) mass is 575 g/mol. The molecule has 7 nitrogen and oxygen atoms in total. The highest BCUT2D eigenvalue weighted by Gasteiger charge is 2.43. The van der Waals surface area contributed by atoms with Gasteiger partial charge in [0.05, 0.1) is 30.7 Å². The third kappa shape index (κ3) is 5.34. The number of ether oxygens (including phenoxy) is 3. The van der Waals surface area contributed by atoms with Gasteiger partial charge in [-0.3, -0.25) is 9.59 Å². The summed E-state index contributed by atoms with van der Waals surface area (Å²) in [6, 6.07) is 26.0. The minimum atomic E-state index is -0.686. The van der Waals surface area contributed by atoms with Gasteiger partial charge < -0.3 is 23.5 Å². The lowest BCUT2D eigenvalue weighted by Gasteiger charge is -2.26. The first-order valence-electron chi connectivity index (χ1n) is 14.3. The Morgan fingerprint density at radius 1 is 0.814 bits per heavy atom. The van der Waals surface area contributed by atoms with Gasteiger partial charge in [0.2, 0.25) is 5.76 Å². The van der Waals surface area contributed by atoms with E-state index in [2.05, 4.69) is 0 Å². The van der Waals surface area contributed by atoms with Crippen molar-refractivity contribution < 1.29 is 23.4 Å². The standard InChI is InChI=1S/C36H33NO6/c1-5-41-31-19-26(13-16-29(31)42-21-25-9-7-6-8-10-25)33-32-34(38)28-17-22(2)23(3)18-30(28)43-35(32)36(39)37(33)20-24-11-14-27(40-4)15-12-24/h6-19,33H,5,20-21H2,1-4H3.